The SMILES string of the molecule is Cc1ccc(C2CCN(C(=O)OC(C)(C)C)CC2N)cc1F. The van der Waals surface area contributed by atoms with Gasteiger partial charge >= 0.3 is 6.09 Å². The summed E-state index contributed by atoms with van der Waals surface area (Å²) in [5.74, 6) is -0.145. The van der Waals surface area contributed by atoms with Gasteiger partial charge in [0.15, 0.2) is 0 Å². The van der Waals surface area contributed by atoms with Crippen molar-refractivity contribution < 1.29 is 13.9 Å². The van der Waals surface area contributed by atoms with Crippen LogP contribution in [0, 0.1) is 12.7 Å². The lowest BCUT2D eigenvalue weighted by atomic mass is 9.85. The second-order valence-electron chi connectivity index (χ2n) is 6.99. The molecule has 0 saturated carbocycles. The first kappa shape index (κ1) is 16.7. The first-order valence-electron chi connectivity index (χ1n) is 7.67. The van der Waals surface area contributed by atoms with Gasteiger partial charge in [-0.05, 0) is 51.3 Å². The first-order chi connectivity index (χ1) is 10.2. The Hall–Kier alpha value is -1.62. The van der Waals surface area contributed by atoms with Gasteiger partial charge < -0.3 is 15.4 Å². The summed E-state index contributed by atoms with van der Waals surface area (Å²) < 4.78 is 19.1. The zero-order chi connectivity index (χ0) is 16.5. The fraction of sp³-hybridized carbons (Fsp3) is 0.588. The lowest BCUT2D eigenvalue weighted by Gasteiger charge is -2.37. The molecule has 0 spiro atoms. The van der Waals surface area contributed by atoms with E-state index in [0.717, 1.165) is 5.56 Å². The van der Waals surface area contributed by atoms with Crippen LogP contribution >= 0.6 is 0 Å². The van der Waals surface area contributed by atoms with E-state index in [1.54, 1.807) is 24.0 Å². The number of likely N-dealkylation sites (tertiary alicyclic amines) is 1. The fourth-order valence-electron chi connectivity index (χ4n) is 2.73. The molecule has 1 amide bonds. The van der Waals surface area contributed by atoms with Gasteiger partial charge in [-0.1, -0.05) is 12.1 Å². The van der Waals surface area contributed by atoms with Crippen LogP contribution in [0.3, 0.4) is 0 Å². The van der Waals surface area contributed by atoms with Gasteiger partial charge in [0.1, 0.15) is 11.4 Å². The molecule has 0 aliphatic carbocycles. The third kappa shape index (κ3) is 3.97. The Morgan fingerprint density at radius 2 is 2.09 bits per heavy atom. The summed E-state index contributed by atoms with van der Waals surface area (Å²) in [7, 11) is 0. The highest BCUT2D eigenvalue weighted by Gasteiger charge is 2.32. The standard InChI is InChI=1S/C17H25FN2O2/c1-11-5-6-12(9-14(11)18)13-7-8-20(10-15(13)19)16(21)22-17(2,3)4/h5-6,9,13,15H,7-8,10,19H2,1-4H3. The second-order valence-corrected chi connectivity index (χ2v) is 6.99. The number of halogens is 1. The lowest BCUT2D eigenvalue weighted by molar-refractivity contribution is 0.0186. The molecule has 1 heterocycles. The summed E-state index contributed by atoms with van der Waals surface area (Å²) in [5.41, 5.74) is 7.23. The van der Waals surface area contributed by atoms with E-state index >= 15 is 0 Å². The number of carbonyl (C=O) groups excluding carboxylic acids is 1. The molecule has 1 aliphatic rings. The maximum atomic E-state index is 13.7. The Bertz CT molecular complexity index is 554. The van der Waals surface area contributed by atoms with Crippen molar-refractivity contribution >= 4 is 6.09 Å². The van der Waals surface area contributed by atoms with Gasteiger partial charge in [0.2, 0.25) is 0 Å². The predicted octanol–water partition coefficient (Wildman–Crippen LogP) is 3.19. The number of benzene rings is 1. The van der Waals surface area contributed by atoms with Gasteiger partial charge in [0, 0.05) is 25.0 Å². The Morgan fingerprint density at radius 1 is 1.41 bits per heavy atom. The minimum Gasteiger partial charge on any atom is -0.444 e. The van der Waals surface area contributed by atoms with Gasteiger partial charge in [-0.3, -0.25) is 0 Å². The van der Waals surface area contributed by atoms with Crippen LogP contribution < -0.4 is 5.73 Å². The maximum Gasteiger partial charge on any atom is 0.410 e. The van der Waals surface area contributed by atoms with Crippen LogP contribution in [0.5, 0.6) is 0 Å². The molecule has 2 rings (SSSR count). The molecule has 22 heavy (non-hydrogen) atoms. The molecule has 2 N–H and O–H groups in total. The minimum atomic E-state index is -0.516. The Balaban J connectivity index is 2.03. The number of ether oxygens (including phenoxy) is 1. The van der Waals surface area contributed by atoms with E-state index in [4.69, 9.17) is 10.5 Å². The van der Waals surface area contributed by atoms with Gasteiger partial charge in [-0.25, -0.2) is 9.18 Å². The monoisotopic (exact) mass is 308 g/mol. The van der Waals surface area contributed by atoms with Crippen LogP contribution in [0.25, 0.3) is 0 Å². The Morgan fingerprint density at radius 3 is 2.64 bits per heavy atom. The molecular weight excluding hydrogens is 283 g/mol. The predicted molar refractivity (Wildman–Crippen MR) is 84.3 cm³/mol. The van der Waals surface area contributed by atoms with Crippen molar-refractivity contribution in [2.24, 2.45) is 5.73 Å². The smallest absolute Gasteiger partial charge is 0.410 e. The Labute approximate surface area is 131 Å². The van der Waals surface area contributed by atoms with E-state index in [-0.39, 0.29) is 23.9 Å². The van der Waals surface area contributed by atoms with Crippen molar-refractivity contribution in [1.29, 1.82) is 0 Å². The van der Waals surface area contributed by atoms with Crippen molar-refractivity contribution in [3.63, 3.8) is 0 Å². The fourth-order valence-corrected chi connectivity index (χ4v) is 2.73. The van der Waals surface area contributed by atoms with E-state index < -0.39 is 5.60 Å². The lowest BCUT2D eigenvalue weighted by Crippen LogP contribution is -2.50. The molecule has 1 saturated heterocycles. The van der Waals surface area contributed by atoms with Gasteiger partial charge in [-0.15, -0.1) is 0 Å². The highest BCUT2D eigenvalue weighted by Crippen LogP contribution is 2.29. The van der Waals surface area contributed by atoms with Crippen LogP contribution in [0.2, 0.25) is 0 Å². The molecule has 5 heteroatoms. The maximum absolute atomic E-state index is 13.7. The number of nitrogens with two attached hydrogens (primary N) is 1. The van der Waals surface area contributed by atoms with Crippen LogP contribution in [0.1, 0.15) is 44.2 Å². The van der Waals surface area contributed by atoms with Crippen molar-refractivity contribution in [2.45, 2.75) is 51.7 Å². The third-order valence-electron chi connectivity index (χ3n) is 3.93. The molecule has 1 aliphatic heterocycles. The van der Waals surface area contributed by atoms with Gasteiger partial charge in [-0.2, -0.15) is 0 Å². The molecule has 2 unspecified atom stereocenters. The number of amides is 1. The van der Waals surface area contributed by atoms with Crippen molar-refractivity contribution in [3.8, 4) is 0 Å². The number of rotatable bonds is 1. The molecule has 0 radical (unpaired) electrons. The number of carbonyl (C=O) groups is 1. The van der Waals surface area contributed by atoms with E-state index in [9.17, 15) is 9.18 Å². The quantitative estimate of drug-likeness (QED) is 0.867. The minimum absolute atomic E-state index is 0.0637. The highest BCUT2D eigenvalue weighted by atomic mass is 19.1. The summed E-state index contributed by atoms with van der Waals surface area (Å²) >= 11 is 0. The summed E-state index contributed by atoms with van der Waals surface area (Å²) in [6.07, 6.45) is 0.375. The average molecular weight is 308 g/mol. The molecule has 122 valence electrons. The summed E-state index contributed by atoms with van der Waals surface area (Å²) in [4.78, 5) is 13.7. The number of hydrogen-bond acceptors (Lipinski definition) is 3. The number of aryl methyl sites for hydroxylation is 1. The van der Waals surface area contributed by atoms with Crippen LogP contribution in [-0.2, 0) is 4.74 Å². The van der Waals surface area contributed by atoms with E-state index in [0.29, 0.717) is 25.1 Å². The zero-order valence-electron chi connectivity index (χ0n) is 13.7. The van der Waals surface area contributed by atoms with Crippen LogP contribution in [0.15, 0.2) is 18.2 Å². The number of nitrogens with zero attached hydrogens (tertiary/aromatic N) is 1. The normalized spacial score (nSPS) is 22.5. The van der Waals surface area contributed by atoms with Crippen molar-refractivity contribution in [1.82, 2.24) is 4.90 Å². The van der Waals surface area contributed by atoms with Gasteiger partial charge in [0.25, 0.3) is 0 Å². The first-order valence-corrected chi connectivity index (χ1v) is 7.67. The van der Waals surface area contributed by atoms with E-state index in [2.05, 4.69) is 0 Å². The van der Waals surface area contributed by atoms with Crippen molar-refractivity contribution in [3.05, 3.63) is 35.1 Å². The average Bonchev–Trinajstić information content (AvgIpc) is 2.40. The van der Waals surface area contributed by atoms with E-state index in [1.807, 2.05) is 26.8 Å². The number of hydrogen-bond donors (Lipinski definition) is 1. The molecule has 1 aromatic carbocycles. The molecule has 4 nitrogen and oxygen atoms in total. The zero-order valence-corrected chi connectivity index (χ0v) is 13.7. The van der Waals surface area contributed by atoms with Crippen LogP contribution in [-0.4, -0.2) is 35.7 Å². The second kappa shape index (κ2) is 6.24. The molecule has 1 aromatic rings. The van der Waals surface area contributed by atoms with Crippen molar-refractivity contribution in [2.75, 3.05) is 13.1 Å². The number of piperidine rings is 1. The molecule has 2 atom stereocenters. The third-order valence-corrected chi connectivity index (χ3v) is 3.93. The Kier molecular flexibility index (Phi) is 4.75. The van der Waals surface area contributed by atoms with E-state index in [1.165, 1.54) is 0 Å². The molecular formula is C17H25FN2O2. The van der Waals surface area contributed by atoms with Gasteiger partial charge in [0.05, 0.1) is 0 Å². The molecule has 1 fully saturated rings. The largest absolute Gasteiger partial charge is 0.444 e. The molecule has 0 aromatic heterocycles. The topological polar surface area (TPSA) is 55.6 Å². The summed E-state index contributed by atoms with van der Waals surface area (Å²) in [6, 6.07) is 5.04. The summed E-state index contributed by atoms with van der Waals surface area (Å²) in [6.45, 7) is 8.26. The van der Waals surface area contributed by atoms with Crippen LogP contribution in [0.4, 0.5) is 9.18 Å². The highest BCUT2D eigenvalue weighted by molar-refractivity contribution is 5.68. The molecule has 0 bridgehead atoms. The summed E-state index contributed by atoms with van der Waals surface area (Å²) in [5, 5.41) is 0.